The van der Waals surface area contributed by atoms with Crippen molar-refractivity contribution in [2.45, 2.75) is 27.0 Å². The predicted octanol–water partition coefficient (Wildman–Crippen LogP) is 2.86. The highest BCUT2D eigenvalue weighted by atomic mass is 19.3. The number of para-hydroxylation sites is 1. The molecular weight excluding hydrogens is 372 g/mol. The summed E-state index contributed by atoms with van der Waals surface area (Å²) < 4.78 is 40.4. The van der Waals surface area contributed by atoms with Gasteiger partial charge in [0.25, 0.3) is 5.91 Å². The number of ether oxygens (including phenoxy) is 2. The molecule has 1 amide bonds. The van der Waals surface area contributed by atoms with Crippen LogP contribution in [0, 0.1) is 13.8 Å². The molecule has 1 aliphatic heterocycles. The summed E-state index contributed by atoms with van der Waals surface area (Å²) in [6.45, 7) is 3.70. The fourth-order valence-corrected chi connectivity index (χ4v) is 3.29. The van der Waals surface area contributed by atoms with Crippen LogP contribution in [-0.2, 0) is 6.54 Å². The highest BCUT2D eigenvalue weighted by Gasteiger charge is 2.27. The largest absolute Gasteiger partial charge is 0.493 e. The fraction of sp³-hybridized carbons (Fsp3) is 0.474. The van der Waals surface area contributed by atoms with Gasteiger partial charge in [-0.2, -0.15) is 8.78 Å². The van der Waals surface area contributed by atoms with Gasteiger partial charge in [0.05, 0.1) is 18.4 Å². The zero-order chi connectivity index (χ0) is 20.3. The smallest absolute Gasteiger partial charge is 0.387 e. The molecule has 3 rings (SSSR count). The Hall–Kier alpha value is -2.68. The predicted molar refractivity (Wildman–Crippen MR) is 96.8 cm³/mol. The minimum absolute atomic E-state index is 0.0684. The van der Waals surface area contributed by atoms with Crippen LogP contribution in [0.25, 0.3) is 0 Å². The molecule has 0 aliphatic carbocycles. The Morgan fingerprint density at radius 1 is 1.25 bits per heavy atom. The van der Waals surface area contributed by atoms with Crippen LogP contribution in [0.3, 0.4) is 0 Å². The van der Waals surface area contributed by atoms with Crippen LogP contribution in [0.5, 0.6) is 11.5 Å². The van der Waals surface area contributed by atoms with Gasteiger partial charge >= 0.3 is 6.61 Å². The molecule has 1 saturated heterocycles. The number of rotatable bonds is 6. The van der Waals surface area contributed by atoms with E-state index in [-0.39, 0.29) is 23.0 Å². The maximum Gasteiger partial charge on any atom is 0.387 e. The lowest BCUT2D eigenvalue weighted by Gasteiger charge is -2.35. The Morgan fingerprint density at radius 2 is 1.96 bits per heavy atom. The van der Waals surface area contributed by atoms with Crippen molar-refractivity contribution in [3.8, 4) is 11.5 Å². The average molecular weight is 395 g/mol. The Balaban J connectivity index is 1.69. The van der Waals surface area contributed by atoms with Crippen molar-refractivity contribution in [3.63, 3.8) is 0 Å². The minimum Gasteiger partial charge on any atom is -0.493 e. The second kappa shape index (κ2) is 8.55. The van der Waals surface area contributed by atoms with Gasteiger partial charge in [0, 0.05) is 38.3 Å². The molecule has 1 aliphatic rings. The van der Waals surface area contributed by atoms with E-state index in [0.717, 1.165) is 17.0 Å². The second-order valence-electron chi connectivity index (χ2n) is 6.59. The molecule has 152 valence electrons. The molecule has 1 aromatic carbocycles. The van der Waals surface area contributed by atoms with Crippen molar-refractivity contribution >= 4 is 5.91 Å². The Bertz CT molecular complexity index is 813. The van der Waals surface area contributed by atoms with E-state index >= 15 is 0 Å². The molecule has 0 bridgehead atoms. The van der Waals surface area contributed by atoms with Crippen LogP contribution >= 0.6 is 0 Å². The number of nitrogens with zero attached hydrogens (tertiary/aromatic N) is 3. The summed E-state index contributed by atoms with van der Waals surface area (Å²) in [6, 6.07) is 4.53. The van der Waals surface area contributed by atoms with Gasteiger partial charge in [-0.25, -0.2) is 0 Å². The first-order valence-electron chi connectivity index (χ1n) is 8.96. The van der Waals surface area contributed by atoms with E-state index in [2.05, 4.69) is 14.8 Å². The Morgan fingerprint density at radius 3 is 2.54 bits per heavy atom. The van der Waals surface area contributed by atoms with Crippen molar-refractivity contribution in [3.05, 3.63) is 40.8 Å². The van der Waals surface area contributed by atoms with Gasteiger partial charge < -0.3 is 18.9 Å². The lowest BCUT2D eigenvalue weighted by Crippen LogP contribution is -2.48. The first kappa shape index (κ1) is 20.1. The summed E-state index contributed by atoms with van der Waals surface area (Å²) in [6.07, 6.45) is 0. The van der Waals surface area contributed by atoms with Crippen molar-refractivity contribution < 1.29 is 27.6 Å². The molecule has 1 aromatic heterocycles. The van der Waals surface area contributed by atoms with E-state index in [1.807, 2.05) is 13.8 Å². The summed E-state index contributed by atoms with van der Waals surface area (Å²) in [5, 5.41) is 3.96. The highest BCUT2D eigenvalue weighted by Crippen LogP contribution is 2.33. The summed E-state index contributed by atoms with van der Waals surface area (Å²) in [7, 11) is 1.34. The monoisotopic (exact) mass is 395 g/mol. The molecule has 0 unspecified atom stereocenters. The van der Waals surface area contributed by atoms with Crippen LogP contribution in [0.15, 0.2) is 22.7 Å². The number of halogens is 2. The number of carbonyl (C=O) groups is 1. The molecular formula is C19H23F2N3O4. The third kappa shape index (κ3) is 4.24. The Labute approximate surface area is 161 Å². The van der Waals surface area contributed by atoms with E-state index in [9.17, 15) is 13.6 Å². The summed E-state index contributed by atoms with van der Waals surface area (Å²) in [5.41, 5.74) is 1.99. The molecule has 1 fully saturated rings. The quantitative estimate of drug-likeness (QED) is 0.749. The van der Waals surface area contributed by atoms with Gasteiger partial charge in [-0.05, 0) is 26.0 Å². The standard InChI is InChI=1S/C19H23F2N3O4/c1-12-15(13(2)28-22-12)11-23-7-9-24(10-8-23)18(25)14-5-4-6-16(26-3)17(14)27-19(20)21/h4-6,19H,7-11H2,1-3H3. The van der Waals surface area contributed by atoms with Gasteiger partial charge in [0.1, 0.15) is 5.76 Å². The van der Waals surface area contributed by atoms with E-state index in [1.54, 1.807) is 11.0 Å². The number of hydrogen-bond donors (Lipinski definition) is 0. The molecule has 2 heterocycles. The molecule has 0 atom stereocenters. The number of benzene rings is 1. The van der Waals surface area contributed by atoms with Gasteiger partial charge in [-0.15, -0.1) is 0 Å². The maximum atomic E-state index is 12.9. The fourth-order valence-electron chi connectivity index (χ4n) is 3.29. The van der Waals surface area contributed by atoms with Crippen LogP contribution in [-0.4, -0.2) is 60.8 Å². The van der Waals surface area contributed by atoms with Gasteiger partial charge in [0.15, 0.2) is 11.5 Å². The molecule has 0 saturated carbocycles. The molecule has 2 aromatic rings. The van der Waals surface area contributed by atoms with Gasteiger partial charge in [-0.3, -0.25) is 9.69 Å². The van der Waals surface area contributed by atoms with E-state index < -0.39 is 6.61 Å². The number of aryl methyl sites for hydroxylation is 2. The van der Waals surface area contributed by atoms with E-state index in [4.69, 9.17) is 9.26 Å². The van der Waals surface area contributed by atoms with Crippen molar-refractivity contribution in [2.24, 2.45) is 0 Å². The van der Waals surface area contributed by atoms with Crippen LogP contribution in [0.2, 0.25) is 0 Å². The molecule has 0 radical (unpaired) electrons. The second-order valence-corrected chi connectivity index (χ2v) is 6.59. The zero-order valence-electron chi connectivity index (χ0n) is 16.1. The van der Waals surface area contributed by atoms with E-state index in [1.165, 1.54) is 19.2 Å². The SMILES string of the molecule is COc1cccc(C(=O)N2CCN(Cc3c(C)noc3C)CC2)c1OC(F)F. The number of carbonyl (C=O) groups excluding carboxylic acids is 1. The summed E-state index contributed by atoms with van der Waals surface area (Å²) in [4.78, 5) is 16.7. The number of amides is 1. The molecule has 9 heteroatoms. The molecule has 0 N–H and O–H groups in total. The van der Waals surface area contributed by atoms with Crippen LogP contribution in [0.1, 0.15) is 27.4 Å². The minimum atomic E-state index is -3.05. The number of piperazine rings is 1. The molecule has 7 nitrogen and oxygen atoms in total. The number of aromatic nitrogens is 1. The summed E-state index contributed by atoms with van der Waals surface area (Å²) >= 11 is 0. The van der Waals surface area contributed by atoms with Gasteiger partial charge in [-0.1, -0.05) is 11.2 Å². The van der Waals surface area contributed by atoms with E-state index in [0.29, 0.717) is 32.7 Å². The maximum absolute atomic E-state index is 12.9. The number of alkyl halides is 2. The van der Waals surface area contributed by atoms with Crippen molar-refractivity contribution in [2.75, 3.05) is 33.3 Å². The van der Waals surface area contributed by atoms with Gasteiger partial charge in [0.2, 0.25) is 0 Å². The van der Waals surface area contributed by atoms with Crippen molar-refractivity contribution in [1.82, 2.24) is 15.0 Å². The summed E-state index contributed by atoms with van der Waals surface area (Å²) in [5.74, 6) is 0.305. The average Bonchev–Trinajstić information content (AvgIpc) is 3.00. The molecule has 28 heavy (non-hydrogen) atoms. The van der Waals surface area contributed by atoms with Crippen molar-refractivity contribution in [1.29, 1.82) is 0 Å². The van der Waals surface area contributed by atoms with Crippen LogP contribution in [0.4, 0.5) is 8.78 Å². The third-order valence-electron chi connectivity index (χ3n) is 4.86. The highest BCUT2D eigenvalue weighted by molar-refractivity contribution is 5.98. The number of methoxy groups -OCH3 is 1. The topological polar surface area (TPSA) is 68.0 Å². The first-order chi connectivity index (χ1) is 13.4. The first-order valence-corrected chi connectivity index (χ1v) is 8.96. The Kier molecular flexibility index (Phi) is 6.13. The zero-order valence-corrected chi connectivity index (χ0v) is 16.1. The van der Waals surface area contributed by atoms with Crippen LogP contribution < -0.4 is 9.47 Å². The lowest BCUT2D eigenvalue weighted by atomic mass is 10.1. The number of hydrogen-bond acceptors (Lipinski definition) is 6. The third-order valence-corrected chi connectivity index (χ3v) is 4.86. The lowest BCUT2D eigenvalue weighted by molar-refractivity contribution is -0.0517. The molecule has 0 spiro atoms. The normalized spacial score (nSPS) is 15.1.